The van der Waals surface area contributed by atoms with Crippen LogP contribution < -0.4 is 10.2 Å². The minimum absolute atomic E-state index is 0.0614. The lowest BCUT2D eigenvalue weighted by molar-refractivity contribution is 0.0684. The molecule has 6 heteroatoms. The van der Waals surface area contributed by atoms with Crippen LogP contribution in [0.4, 0.5) is 0 Å². The summed E-state index contributed by atoms with van der Waals surface area (Å²) in [5, 5.41) is 9.86. The van der Waals surface area contributed by atoms with Crippen molar-refractivity contribution in [3.05, 3.63) is 40.2 Å². The number of carboxylic acids is 1. The number of carboxylic acid groups (broad SMARTS) is 1. The van der Waals surface area contributed by atoms with E-state index in [9.17, 15) is 14.7 Å². The van der Waals surface area contributed by atoms with Crippen LogP contribution in [-0.2, 0) is 0 Å². The summed E-state index contributed by atoms with van der Waals surface area (Å²) in [4.78, 5) is 25.7. The molecule has 0 spiro atoms. The van der Waals surface area contributed by atoms with Crippen LogP contribution in [0, 0.1) is 0 Å². The number of fused-ring (bicyclic) bond motifs is 1. The Morgan fingerprint density at radius 1 is 1.35 bits per heavy atom. The zero-order chi connectivity index (χ0) is 16.6. The Morgan fingerprint density at radius 2 is 2.09 bits per heavy atom. The van der Waals surface area contributed by atoms with E-state index in [1.54, 1.807) is 22.8 Å². The van der Waals surface area contributed by atoms with Crippen LogP contribution in [0.2, 0.25) is 0 Å². The molecule has 122 valence electrons. The maximum Gasteiger partial charge on any atom is 0.352 e. The fraction of sp³-hybridized carbons (Fsp3) is 0.412. The number of hydrogen-bond acceptors (Lipinski definition) is 4. The molecule has 1 N–H and O–H groups in total. The first-order chi connectivity index (χ1) is 11.0. The summed E-state index contributed by atoms with van der Waals surface area (Å²) in [5.74, 6) is -0.441. The molecule has 0 radical (unpaired) electrons. The Morgan fingerprint density at radius 3 is 2.70 bits per heavy atom. The number of aromatic carboxylic acids is 1. The van der Waals surface area contributed by atoms with Gasteiger partial charge in [0.2, 0.25) is 0 Å². The van der Waals surface area contributed by atoms with Gasteiger partial charge in [0.05, 0.1) is 5.52 Å². The predicted molar refractivity (Wildman–Crippen MR) is 87.5 cm³/mol. The van der Waals surface area contributed by atoms with Crippen molar-refractivity contribution in [1.29, 1.82) is 0 Å². The van der Waals surface area contributed by atoms with Crippen LogP contribution in [-0.4, -0.2) is 47.8 Å². The van der Waals surface area contributed by atoms with E-state index in [1.165, 1.54) is 6.07 Å². The summed E-state index contributed by atoms with van der Waals surface area (Å²) in [7, 11) is 3.93. The molecule has 1 saturated carbocycles. The SMILES string of the molecule is CN(C)CCOc1ccc2c(c1)c(=O)cc(C(=O)O)n2C1CC1. The number of aromatic nitrogens is 1. The number of pyridine rings is 1. The van der Waals surface area contributed by atoms with E-state index in [1.807, 2.05) is 19.0 Å². The first-order valence-electron chi connectivity index (χ1n) is 7.67. The van der Waals surface area contributed by atoms with E-state index < -0.39 is 5.97 Å². The van der Waals surface area contributed by atoms with Crippen molar-refractivity contribution < 1.29 is 14.6 Å². The lowest BCUT2D eigenvalue weighted by Crippen LogP contribution is -2.20. The highest BCUT2D eigenvalue weighted by atomic mass is 16.5. The highest BCUT2D eigenvalue weighted by Crippen LogP contribution is 2.38. The second-order valence-electron chi connectivity index (χ2n) is 6.13. The lowest BCUT2D eigenvalue weighted by Gasteiger charge is -2.15. The maximum absolute atomic E-state index is 12.3. The third kappa shape index (κ3) is 3.22. The van der Waals surface area contributed by atoms with E-state index in [0.29, 0.717) is 23.3 Å². The molecule has 0 atom stereocenters. The molecule has 1 aromatic heterocycles. The smallest absolute Gasteiger partial charge is 0.352 e. The number of carbonyl (C=O) groups is 1. The number of rotatable bonds is 6. The van der Waals surface area contributed by atoms with Gasteiger partial charge in [0, 0.05) is 24.0 Å². The van der Waals surface area contributed by atoms with Gasteiger partial charge in [-0.25, -0.2) is 4.79 Å². The number of benzene rings is 1. The normalized spacial score (nSPS) is 14.4. The summed E-state index contributed by atoms with van der Waals surface area (Å²) >= 11 is 0. The molecule has 0 amide bonds. The largest absolute Gasteiger partial charge is 0.492 e. The summed E-state index contributed by atoms with van der Waals surface area (Å²) < 4.78 is 7.43. The Balaban J connectivity index is 2.03. The molecular formula is C17H20N2O4. The molecule has 3 rings (SSSR count). The predicted octanol–water partition coefficient (Wildman–Crippen LogP) is 1.97. The van der Waals surface area contributed by atoms with Gasteiger partial charge in [-0.3, -0.25) is 4.79 Å². The van der Waals surface area contributed by atoms with Crippen molar-refractivity contribution in [2.45, 2.75) is 18.9 Å². The van der Waals surface area contributed by atoms with Crippen molar-refractivity contribution >= 4 is 16.9 Å². The van der Waals surface area contributed by atoms with Crippen molar-refractivity contribution in [2.24, 2.45) is 0 Å². The number of likely N-dealkylation sites (N-methyl/N-ethyl adjacent to an activating group) is 1. The minimum Gasteiger partial charge on any atom is -0.492 e. The van der Waals surface area contributed by atoms with Gasteiger partial charge in [-0.2, -0.15) is 0 Å². The number of nitrogens with zero attached hydrogens (tertiary/aromatic N) is 2. The summed E-state index contributed by atoms with van der Waals surface area (Å²) in [6.07, 6.45) is 1.89. The van der Waals surface area contributed by atoms with E-state index >= 15 is 0 Å². The van der Waals surface area contributed by atoms with Gasteiger partial charge in [0.15, 0.2) is 5.43 Å². The zero-order valence-electron chi connectivity index (χ0n) is 13.3. The standard InChI is InChI=1S/C17H20N2O4/c1-18(2)7-8-23-12-5-6-14-13(9-12)16(20)10-15(17(21)22)19(14)11-3-4-11/h5-6,9-11H,3-4,7-8H2,1-2H3,(H,21,22). The first kappa shape index (κ1) is 15.6. The molecule has 1 heterocycles. The molecule has 1 aromatic carbocycles. The number of hydrogen-bond donors (Lipinski definition) is 1. The van der Waals surface area contributed by atoms with Gasteiger partial charge < -0.3 is 19.3 Å². The highest BCUT2D eigenvalue weighted by molar-refractivity contribution is 5.91. The summed E-state index contributed by atoms with van der Waals surface area (Å²) in [6, 6.07) is 6.67. The van der Waals surface area contributed by atoms with E-state index in [0.717, 1.165) is 19.4 Å². The molecule has 1 aliphatic carbocycles. The molecule has 2 aromatic rings. The van der Waals surface area contributed by atoms with Gasteiger partial charge in [-0.1, -0.05) is 0 Å². The van der Waals surface area contributed by atoms with Crippen molar-refractivity contribution in [3.8, 4) is 5.75 Å². The Labute approximate surface area is 133 Å². The van der Waals surface area contributed by atoms with Crippen LogP contribution in [0.5, 0.6) is 5.75 Å². The monoisotopic (exact) mass is 316 g/mol. The third-order valence-corrected chi connectivity index (χ3v) is 3.96. The second kappa shape index (κ2) is 6.04. The topological polar surface area (TPSA) is 71.8 Å². The Bertz CT molecular complexity index is 806. The fourth-order valence-electron chi connectivity index (χ4n) is 2.65. The molecule has 1 fully saturated rings. The summed E-state index contributed by atoms with van der Waals surface area (Å²) in [5.41, 5.74) is 0.441. The number of ether oxygens (including phenoxy) is 1. The zero-order valence-corrected chi connectivity index (χ0v) is 13.3. The van der Waals surface area contributed by atoms with Crippen molar-refractivity contribution in [3.63, 3.8) is 0 Å². The van der Waals surface area contributed by atoms with E-state index in [-0.39, 0.29) is 17.2 Å². The van der Waals surface area contributed by atoms with Crippen molar-refractivity contribution in [1.82, 2.24) is 9.47 Å². The fourth-order valence-corrected chi connectivity index (χ4v) is 2.65. The maximum atomic E-state index is 12.3. The molecule has 0 unspecified atom stereocenters. The van der Waals surface area contributed by atoms with Crippen LogP contribution in [0.15, 0.2) is 29.1 Å². The highest BCUT2D eigenvalue weighted by Gasteiger charge is 2.29. The lowest BCUT2D eigenvalue weighted by atomic mass is 10.1. The Kier molecular flexibility index (Phi) is 4.09. The average molecular weight is 316 g/mol. The van der Waals surface area contributed by atoms with Crippen LogP contribution in [0.25, 0.3) is 10.9 Å². The average Bonchev–Trinajstić information content (AvgIpc) is 3.31. The van der Waals surface area contributed by atoms with Crippen molar-refractivity contribution in [2.75, 3.05) is 27.2 Å². The van der Waals surface area contributed by atoms with Gasteiger partial charge in [0.1, 0.15) is 18.1 Å². The summed E-state index contributed by atoms with van der Waals surface area (Å²) in [6.45, 7) is 1.31. The molecule has 0 bridgehead atoms. The van der Waals surface area contributed by atoms with Gasteiger partial charge in [0.25, 0.3) is 0 Å². The first-order valence-corrected chi connectivity index (χ1v) is 7.67. The minimum atomic E-state index is -1.07. The molecule has 0 saturated heterocycles. The van der Waals surface area contributed by atoms with Crippen LogP contribution in [0.3, 0.4) is 0 Å². The molecule has 6 nitrogen and oxygen atoms in total. The van der Waals surface area contributed by atoms with Gasteiger partial charge >= 0.3 is 5.97 Å². The van der Waals surface area contributed by atoms with Crippen LogP contribution in [0.1, 0.15) is 29.4 Å². The molecule has 23 heavy (non-hydrogen) atoms. The van der Waals surface area contributed by atoms with Gasteiger partial charge in [-0.05, 0) is 45.1 Å². The molecule has 1 aliphatic rings. The second-order valence-corrected chi connectivity index (χ2v) is 6.13. The third-order valence-electron chi connectivity index (χ3n) is 3.96. The molecular weight excluding hydrogens is 296 g/mol. The van der Waals surface area contributed by atoms with E-state index in [4.69, 9.17) is 4.74 Å². The molecule has 0 aliphatic heterocycles. The van der Waals surface area contributed by atoms with Gasteiger partial charge in [-0.15, -0.1) is 0 Å². The Hall–Kier alpha value is -2.34. The van der Waals surface area contributed by atoms with Crippen LogP contribution >= 0.6 is 0 Å². The van der Waals surface area contributed by atoms with E-state index in [2.05, 4.69) is 0 Å². The quantitative estimate of drug-likeness (QED) is 0.882.